The first-order chi connectivity index (χ1) is 10.0. The Kier molecular flexibility index (Phi) is 5.61. The molecule has 1 saturated heterocycles. The van der Waals surface area contributed by atoms with Gasteiger partial charge in [0.1, 0.15) is 5.82 Å². The van der Waals surface area contributed by atoms with Gasteiger partial charge in [-0.1, -0.05) is 6.92 Å². The lowest BCUT2D eigenvalue weighted by Gasteiger charge is -2.36. The third-order valence-electron chi connectivity index (χ3n) is 4.32. The van der Waals surface area contributed by atoms with Gasteiger partial charge in [-0.15, -0.1) is 0 Å². The van der Waals surface area contributed by atoms with Crippen molar-refractivity contribution >= 4 is 5.82 Å². The second-order valence-electron chi connectivity index (χ2n) is 5.96. The Morgan fingerprint density at radius 1 is 1.48 bits per heavy atom. The SMILES string of the molecule is COCCNCc1c(C)nn(C)c1N1CCC(C)C(O)C1. The molecule has 0 spiro atoms. The van der Waals surface area contributed by atoms with E-state index in [1.165, 1.54) is 5.56 Å². The minimum absolute atomic E-state index is 0.261. The number of aliphatic hydroxyl groups is 1. The number of piperidine rings is 1. The first kappa shape index (κ1) is 16.3. The summed E-state index contributed by atoms with van der Waals surface area (Å²) < 4.78 is 7.00. The average Bonchev–Trinajstić information content (AvgIpc) is 2.72. The number of nitrogens with zero attached hydrogens (tertiary/aromatic N) is 3. The van der Waals surface area contributed by atoms with Gasteiger partial charge in [-0.2, -0.15) is 5.10 Å². The summed E-state index contributed by atoms with van der Waals surface area (Å²) in [4.78, 5) is 2.26. The van der Waals surface area contributed by atoms with E-state index in [-0.39, 0.29) is 6.10 Å². The van der Waals surface area contributed by atoms with Crippen LogP contribution in [0.2, 0.25) is 0 Å². The molecule has 0 radical (unpaired) electrons. The van der Waals surface area contributed by atoms with E-state index in [1.54, 1.807) is 7.11 Å². The Hall–Kier alpha value is -1.11. The molecule has 2 atom stereocenters. The predicted molar refractivity (Wildman–Crippen MR) is 83.5 cm³/mol. The van der Waals surface area contributed by atoms with Crippen molar-refractivity contribution in [1.82, 2.24) is 15.1 Å². The highest BCUT2D eigenvalue weighted by Crippen LogP contribution is 2.28. The predicted octanol–water partition coefficient (Wildman–Crippen LogP) is 0.672. The molecular formula is C15H28N4O2. The van der Waals surface area contributed by atoms with Gasteiger partial charge in [0.2, 0.25) is 0 Å². The van der Waals surface area contributed by atoms with E-state index in [0.717, 1.165) is 37.6 Å². The summed E-state index contributed by atoms with van der Waals surface area (Å²) in [5.74, 6) is 1.50. The Morgan fingerprint density at radius 2 is 2.24 bits per heavy atom. The van der Waals surface area contributed by atoms with Crippen LogP contribution in [0.4, 0.5) is 5.82 Å². The highest BCUT2D eigenvalue weighted by Gasteiger charge is 2.28. The molecule has 2 N–H and O–H groups in total. The molecule has 0 bridgehead atoms. The molecule has 0 aromatic carbocycles. The number of ether oxygens (including phenoxy) is 1. The van der Waals surface area contributed by atoms with Crippen LogP contribution in [-0.4, -0.2) is 54.3 Å². The largest absolute Gasteiger partial charge is 0.391 e. The topological polar surface area (TPSA) is 62.5 Å². The first-order valence-corrected chi connectivity index (χ1v) is 7.69. The number of rotatable bonds is 6. The zero-order chi connectivity index (χ0) is 15.4. The monoisotopic (exact) mass is 296 g/mol. The Labute approximate surface area is 127 Å². The minimum Gasteiger partial charge on any atom is -0.391 e. The third-order valence-corrected chi connectivity index (χ3v) is 4.32. The van der Waals surface area contributed by atoms with Crippen LogP contribution in [0, 0.1) is 12.8 Å². The van der Waals surface area contributed by atoms with Crippen LogP contribution in [0.5, 0.6) is 0 Å². The van der Waals surface area contributed by atoms with Crippen molar-refractivity contribution in [2.45, 2.75) is 32.9 Å². The van der Waals surface area contributed by atoms with Crippen molar-refractivity contribution in [2.24, 2.45) is 13.0 Å². The van der Waals surface area contributed by atoms with E-state index in [1.807, 2.05) is 18.7 Å². The van der Waals surface area contributed by atoms with Crippen molar-refractivity contribution < 1.29 is 9.84 Å². The maximum Gasteiger partial charge on any atom is 0.131 e. The van der Waals surface area contributed by atoms with Crippen molar-refractivity contribution in [1.29, 1.82) is 0 Å². The number of aryl methyl sites for hydroxylation is 2. The van der Waals surface area contributed by atoms with Gasteiger partial charge in [-0.25, -0.2) is 0 Å². The van der Waals surface area contributed by atoms with E-state index in [0.29, 0.717) is 19.1 Å². The zero-order valence-electron chi connectivity index (χ0n) is 13.6. The summed E-state index contributed by atoms with van der Waals surface area (Å²) in [6.07, 6.45) is 0.755. The number of hydrogen-bond donors (Lipinski definition) is 2. The molecule has 1 aliphatic rings. The molecule has 6 nitrogen and oxygen atoms in total. The summed E-state index contributed by atoms with van der Waals surface area (Å²) in [5, 5.41) is 18.1. The van der Waals surface area contributed by atoms with Crippen LogP contribution < -0.4 is 10.2 Å². The molecule has 2 unspecified atom stereocenters. The fourth-order valence-corrected chi connectivity index (χ4v) is 2.92. The van der Waals surface area contributed by atoms with E-state index in [4.69, 9.17) is 4.74 Å². The number of β-amino-alcohol motifs (C(OH)–C–C–N with tert-alkyl or cyclic N) is 1. The van der Waals surface area contributed by atoms with Crippen LogP contribution in [-0.2, 0) is 18.3 Å². The molecule has 21 heavy (non-hydrogen) atoms. The van der Waals surface area contributed by atoms with Crippen molar-refractivity contribution in [3.05, 3.63) is 11.3 Å². The molecule has 2 heterocycles. The summed E-state index contributed by atoms with van der Waals surface area (Å²) in [5.41, 5.74) is 2.26. The third kappa shape index (κ3) is 3.75. The fourth-order valence-electron chi connectivity index (χ4n) is 2.92. The number of anilines is 1. The summed E-state index contributed by atoms with van der Waals surface area (Å²) in [7, 11) is 3.68. The maximum atomic E-state index is 10.1. The second kappa shape index (κ2) is 7.24. The van der Waals surface area contributed by atoms with E-state index >= 15 is 0 Å². The van der Waals surface area contributed by atoms with E-state index in [9.17, 15) is 5.11 Å². The molecule has 1 aromatic heterocycles. The Balaban J connectivity index is 2.11. The van der Waals surface area contributed by atoms with E-state index < -0.39 is 0 Å². The van der Waals surface area contributed by atoms with Gasteiger partial charge in [0.25, 0.3) is 0 Å². The van der Waals surface area contributed by atoms with Gasteiger partial charge in [-0.05, 0) is 19.3 Å². The Morgan fingerprint density at radius 3 is 2.90 bits per heavy atom. The van der Waals surface area contributed by atoms with Gasteiger partial charge in [-0.3, -0.25) is 4.68 Å². The molecule has 0 aliphatic carbocycles. The molecule has 0 amide bonds. The quantitative estimate of drug-likeness (QED) is 0.756. The van der Waals surface area contributed by atoms with Gasteiger partial charge < -0.3 is 20.1 Å². The molecule has 0 saturated carbocycles. The summed E-state index contributed by atoms with van der Waals surface area (Å²) >= 11 is 0. The smallest absolute Gasteiger partial charge is 0.131 e. The summed E-state index contributed by atoms with van der Waals surface area (Å²) in [6, 6.07) is 0. The molecule has 6 heteroatoms. The van der Waals surface area contributed by atoms with Crippen LogP contribution in [0.1, 0.15) is 24.6 Å². The number of hydrogen-bond acceptors (Lipinski definition) is 5. The Bertz CT molecular complexity index is 461. The maximum absolute atomic E-state index is 10.1. The standard InChI is InChI=1S/C15H28N4O2/c1-11-5-7-19(10-14(11)20)15-13(9-16-6-8-21-4)12(2)17-18(15)3/h11,14,16,20H,5-10H2,1-4H3. The highest BCUT2D eigenvalue weighted by molar-refractivity contribution is 5.50. The normalized spacial score (nSPS) is 22.8. The minimum atomic E-state index is -0.261. The lowest BCUT2D eigenvalue weighted by molar-refractivity contribution is 0.102. The molecule has 2 rings (SSSR count). The van der Waals surface area contributed by atoms with Crippen LogP contribution in [0.15, 0.2) is 0 Å². The van der Waals surface area contributed by atoms with Gasteiger partial charge in [0.05, 0.1) is 18.4 Å². The van der Waals surface area contributed by atoms with Gasteiger partial charge in [0.15, 0.2) is 0 Å². The second-order valence-corrected chi connectivity index (χ2v) is 5.96. The van der Waals surface area contributed by atoms with Crippen LogP contribution >= 0.6 is 0 Å². The molecule has 1 aliphatic heterocycles. The first-order valence-electron chi connectivity index (χ1n) is 7.69. The van der Waals surface area contributed by atoms with Crippen LogP contribution in [0.3, 0.4) is 0 Å². The fraction of sp³-hybridized carbons (Fsp3) is 0.800. The number of aromatic nitrogens is 2. The van der Waals surface area contributed by atoms with Crippen molar-refractivity contribution in [3.8, 4) is 0 Å². The molecular weight excluding hydrogens is 268 g/mol. The van der Waals surface area contributed by atoms with E-state index in [2.05, 4.69) is 22.2 Å². The number of nitrogens with one attached hydrogen (secondary N) is 1. The van der Waals surface area contributed by atoms with Crippen molar-refractivity contribution in [3.63, 3.8) is 0 Å². The van der Waals surface area contributed by atoms with Crippen molar-refractivity contribution in [2.75, 3.05) is 38.3 Å². The van der Waals surface area contributed by atoms with Crippen LogP contribution in [0.25, 0.3) is 0 Å². The summed E-state index contributed by atoms with van der Waals surface area (Å²) in [6.45, 7) is 8.12. The van der Waals surface area contributed by atoms with Gasteiger partial charge in [0, 0.05) is 45.9 Å². The zero-order valence-corrected chi connectivity index (χ0v) is 13.6. The lowest BCUT2D eigenvalue weighted by Crippen LogP contribution is -2.44. The number of aliphatic hydroxyl groups excluding tert-OH is 1. The average molecular weight is 296 g/mol. The highest BCUT2D eigenvalue weighted by atomic mass is 16.5. The number of methoxy groups -OCH3 is 1. The molecule has 120 valence electrons. The van der Waals surface area contributed by atoms with Gasteiger partial charge >= 0.3 is 0 Å². The lowest BCUT2D eigenvalue weighted by atomic mass is 9.96. The molecule has 1 aromatic rings. The molecule has 1 fully saturated rings.